The third-order valence-corrected chi connectivity index (χ3v) is 4.91. The number of halogens is 1. The molecule has 0 bridgehead atoms. The average Bonchev–Trinajstić information content (AvgIpc) is 3.16. The summed E-state index contributed by atoms with van der Waals surface area (Å²) in [5.74, 6) is 0.000610. The molecule has 1 saturated heterocycles. The third kappa shape index (κ3) is 4.22. The van der Waals surface area contributed by atoms with Crippen molar-refractivity contribution >= 4 is 28.9 Å². The first-order valence-electron chi connectivity index (χ1n) is 7.40. The normalized spacial score (nSPS) is 18.2. The number of rotatable bonds is 6. The van der Waals surface area contributed by atoms with Gasteiger partial charge in [-0.05, 0) is 43.7 Å². The van der Waals surface area contributed by atoms with Crippen molar-refractivity contribution in [3.05, 3.63) is 45.4 Å². The van der Waals surface area contributed by atoms with Gasteiger partial charge in [0.1, 0.15) is 23.4 Å². The van der Waals surface area contributed by atoms with Crippen LogP contribution in [0.25, 0.3) is 0 Å². The van der Waals surface area contributed by atoms with Crippen molar-refractivity contribution < 1.29 is 14.6 Å². The van der Waals surface area contributed by atoms with Crippen LogP contribution in [0.2, 0.25) is 5.02 Å². The Bertz CT molecular complexity index is 674. The van der Waals surface area contributed by atoms with E-state index in [1.807, 2.05) is 22.4 Å². The maximum absolute atomic E-state index is 11.2. The quantitative estimate of drug-likeness (QED) is 0.863. The molecule has 3 rings (SSSR count). The lowest BCUT2D eigenvalue weighted by Gasteiger charge is -2.19. The molecular formula is C16H17ClN2O3S. The standard InChI is InChI=1S/C16H17ClN2O3S/c17-11-3-5-13(6-4-11)22-9-15-18-12(10-23-15)8-19-7-1-2-14(19)16(20)21/h3-6,10,14H,1-2,7-9H2,(H,20,21). The molecule has 1 aliphatic rings. The van der Waals surface area contributed by atoms with Crippen LogP contribution in [0, 0.1) is 0 Å². The molecule has 0 spiro atoms. The summed E-state index contributed by atoms with van der Waals surface area (Å²) in [6.07, 6.45) is 1.64. The Morgan fingerprint density at radius 3 is 2.96 bits per heavy atom. The summed E-state index contributed by atoms with van der Waals surface area (Å²) in [6, 6.07) is 6.81. The number of carbonyl (C=O) groups is 1. The summed E-state index contributed by atoms with van der Waals surface area (Å²) < 4.78 is 5.67. The Balaban J connectivity index is 1.55. The van der Waals surface area contributed by atoms with Gasteiger partial charge < -0.3 is 9.84 Å². The van der Waals surface area contributed by atoms with Crippen LogP contribution in [-0.4, -0.2) is 33.5 Å². The first kappa shape index (κ1) is 16.2. The van der Waals surface area contributed by atoms with Gasteiger partial charge in [0.15, 0.2) is 0 Å². The van der Waals surface area contributed by atoms with E-state index in [-0.39, 0.29) is 6.04 Å². The molecule has 1 aromatic heterocycles. The first-order chi connectivity index (χ1) is 11.1. The summed E-state index contributed by atoms with van der Waals surface area (Å²) in [5, 5.41) is 12.7. The van der Waals surface area contributed by atoms with Gasteiger partial charge in [0.2, 0.25) is 0 Å². The fraction of sp³-hybridized carbons (Fsp3) is 0.375. The topological polar surface area (TPSA) is 62.7 Å². The molecule has 0 saturated carbocycles. The second kappa shape index (κ2) is 7.29. The number of carboxylic acid groups (broad SMARTS) is 1. The summed E-state index contributed by atoms with van der Waals surface area (Å²) in [6.45, 7) is 1.79. The Morgan fingerprint density at radius 2 is 2.22 bits per heavy atom. The molecule has 23 heavy (non-hydrogen) atoms. The van der Waals surface area contributed by atoms with E-state index in [4.69, 9.17) is 16.3 Å². The molecule has 1 aliphatic heterocycles. The number of nitrogens with zero attached hydrogens (tertiary/aromatic N) is 2. The lowest BCUT2D eigenvalue weighted by Crippen LogP contribution is -2.35. The molecule has 1 N–H and O–H groups in total. The average molecular weight is 353 g/mol. The van der Waals surface area contributed by atoms with Crippen LogP contribution in [-0.2, 0) is 17.9 Å². The third-order valence-electron chi connectivity index (χ3n) is 3.79. The van der Waals surface area contributed by atoms with E-state index in [9.17, 15) is 9.90 Å². The van der Waals surface area contributed by atoms with Crippen LogP contribution in [0.3, 0.4) is 0 Å². The summed E-state index contributed by atoms with van der Waals surface area (Å²) in [4.78, 5) is 17.7. The SMILES string of the molecule is O=C(O)C1CCCN1Cc1csc(COc2ccc(Cl)cc2)n1. The Kier molecular flexibility index (Phi) is 5.15. The van der Waals surface area contributed by atoms with Gasteiger partial charge in [-0.25, -0.2) is 4.98 Å². The van der Waals surface area contributed by atoms with Gasteiger partial charge in [0.05, 0.1) is 5.69 Å². The number of thiazole rings is 1. The predicted molar refractivity (Wildman–Crippen MR) is 89.0 cm³/mol. The van der Waals surface area contributed by atoms with Crippen molar-refractivity contribution in [2.75, 3.05) is 6.54 Å². The van der Waals surface area contributed by atoms with Crippen molar-refractivity contribution in [1.29, 1.82) is 0 Å². The zero-order chi connectivity index (χ0) is 16.2. The molecule has 122 valence electrons. The minimum atomic E-state index is -0.746. The zero-order valence-corrected chi connectivity index (χ0v) is 14.0. The Hall–Kier alpha value is -1.63. The van der Waals surface area contributed by atoms with Crippen LogP contribution >= 0.6 is 22.9 Å². The molecule has 1 fully saturated rings. The number of hydrogen-bond donors (Lipinski definition) is 1. The lowest BCUT2D eigenvalue weighted by atomic mass is 10.2. The number of ether oxygens (including phenoxy) is 1. The van der Waals surface area contributed by atoms with E-state index < -0.39 is 5.97 Å². The highest BCUT2D eigenvalue weighted by Gasteiger charge is 2.30. The highest BCUT2D eigenvalue weighted by molar-refractivity contribution is 7.09. The molecule has 0 amide bonds. The van der Waals surface area contributed by atoms with Gasteiger partial charge >= 0.3 is 5.97 Å². The van der Waals surface area contributed by atoms with Crippen molar-refractivity contribution in [2.24, 2.45) is 0 Å². The summed E-state index contributed by atoms with van der Waals surface area (Å²) in [7, 11) is 0. The van der Waals surface area contributed by atoms with Gasteiger partial charge in [-0.15, -0.1) is 11.3 Å². The minimum Gasteiger partial charge on any atom is -0.486 e. The maximum atomic E-state index is 11.2. The Labute approximate surface area is 143 Å². The number of aliphatic carboxylic acids is 1. The Morgan fingerprint density at radius 1 is 1.43 bits per heavy atom. The van der Waals surface area contributed by atoms with Gasteiger partial charge in [0.25, 0.3) is 0 Å². The molecule has 1 unspecified atom stereocenters. The monoisotopic (exact) mass is 352 g/mol. The highest BCUT2D eigenvalue weighted by Crippen LogP contribution is 2.22. The molecule has 5 nitrogen and oxygen atoms in total. The molecule has 1 atom stereocenters. The lowest BCUT2D eigenvalue weighted by molar-refractivity contribution is -0.142. The number of hydrogen-bond acceptors (Lipinski definition) is 5. The first-order valence-corrected chi connectivity index (χ1v) is 8.66. The van der Waals surface area contributed by atoms with E-state index >= 15 is 0 Å². The molecule has 1 aromatic carbocycles. The molecule has 2 aromatic rings. The number of benzene rings is 1. The minimum absolute atomic E-state index is 0.384. The van der Waals surface area contributed by atoms with Gasteiger partial charge in [-0.2, -0.15) is 0 Å². The van der Waals surface area contributed by atoms with Gasteiger partial charge in [-0.1, -0.05) is 11.6 Å². The predicted octanol–water partition coefficient (Wildman–Crippen LogP) is 3.42. The fourth-order valence-electron chi connectivity index (χ4n) is 2.67. The van der Waals surface area contributed by atoms with Crippen molar-refractivity contribution in [2.45, 2.75) is 32.0 Å². The summed E-state index contributed by atoms with van der Waals surface area (Å²) in [5.41, 5.74) is 0.901. The van der Waals surface area contributed by atoms with E-state index in [2.05, 4.69) is 4.98 Å². The van der Waals surface area contributed by atoms with E-state index in [1.165, 1.54) is 11.3 Å². The molecule has 0 radical (unpaired) electrons. The van der Waals surface area contributed by atoms with E-state index in [1.54, 1.807) is 12.1 Å². The molecule has 7 heteroatoms. The molecular weight excluding hydrogens is 336 g/mol. The maximum Gasteiger partial charge on any atom is 0.320 e. The highest BCUT2D eigenvalue weighted by atomic mass is 35.5. The summed E-state index contributed by atoms with van der Waals surface area (Å²) >= 11 is 7.36. The van der Waals surface area contributed by atoms with Crippen LogP contribution < -0.4 is 4.74 Å². The van der Waals surface area contributed by atoms with E-state index in [0.717, 1.165) is 29.4 Å². The van der Waals surface area contributed by atoms with Crippen LogP contribution in [0.5, 0.6) is 5.75 Å². The van der Waals surface area contributed by atoms with Gasteiger partial charge in [-0.3, -0.25) is 9.69 Å². The van der Waals surface area contributed by atoms with Crippen molar-refractivity contribution in [3.63, 3.8) is 0 Å². The van der Waals surface area contributed by atoms with Crippen molar-refractivity contribution in [1.82, 2.24) is 9.88 Å². The van der Waals surface area contributed by atoms with Gasteiger partial charge in [0, 0.05) is 16.9 Å². The van der Waals surface area contributed by atoms with Crippen molar-refractivity contribution in [3.8, 4) is 5.75 Å². The van der Waals surface area contributed by atoms with Crippen LogP contribution in [0.15, 0.2) is 29.6 Å². The second-order valence-electron chi connectivity index (χ2n) is 5.44. The smallest absolute Gasteiger partial charge is 0.320 e. The molecule has 2 heterocycles. The molecule has 0 aliphatic carbocycles. The number of likely N-dealkylation sites (tertiary alicyclic amines) is 1. The number of aromatic nitrogens is 1. The second-order valence-corrected chi connectivity index (χ2v) is 6.82. The number of carboxylic acids is 1. The van der Waals surface area contributed by atoms with E-state index in [0.29, 0.717) is 24.6 Å². The fourth-order valence-corrected chi connectivity index (χ4v) is 3.49. The zero-order valence-electron chi connectivity index (χ0n) is 12.4. The largest absolute Gasteiger partial charge is 0.486 e. The van der Waals surface area contributed by atoms with Crippen LogP contribution in [0.1, 0.15) is 23.5 Å². The van der Waals surface area contributed by atoms with Crippen LogP contribution in [0.4, 0.5) is 0 Å².